The van der Waals surface area contributed by atoms with Gasteiger partial charge in [-0.3, -0.25) is 0 Å². The monoisotopic (exact) mass is 282 g/mol. The second-order valence-corrected chi connectivity index (χ2v) is 7.34. The maximum atomic E-state index is 10.7. The maximum absolute atomic E-state index is 10.7. The fourth-order valence-electron chi connectivity index (χ4n) is 1.11. The summed E-state index contributed by atoms with van der Waals surface area (Å²) >= 11 is 10.3. The van der Waals surface area contributed by atoms with Crippen LogP contribution in [-0.2, 0) is 9.30 Å². The van der Waals surface area contributed by atoms with Gasteiger partial charge in [0.2, 0.25) is 0 Å². The number of ether oxygens (including phenoxy) is 1. The highest BCUT2D eigenvalue weighted by atomic mass is 35.9. The van der Waals surface area contributed by atoms with Crippen molar-refractivity contribution in [1.82, 2.24) is 0 Å². The van der Waals surface area contributed by atoms with Crippen LogP contribution in [0.25, 0.3) is 0 Å². The van der Waals surface area contributed by atoms with Crippen LogP contribution in [0.1, 0.15) is 12.8 Å². The van der Waals surface area contributed by atoms with Gasteiger partial charge in [0.05, 0.1) is 0 Å². The van der Waals surface area contributed by atoms with E-state index in [9.17, 15) is 4.57 Å². The van der Waals surface area contributed by atoms with Crippen LogP contribution in [-0.4, -0.2) is 13.2 Å². The molecule has 1 aliphatic heterocycles. The Morgan fingerprint density at radius 2 is 1.69 bits per heavy atom. The highest BCUT2D eigenvalue weighted by Crippen LogP contribution is 2.56. The van der Waals surface area contributed by atoms with E-state index in [0.717, 1.165) is 13.2 Å². The Labute approximate surface area is 105 Å². The number of hydrogen-bond donors (Lipinski definition) is 0. The van der Waals surface area contributed by atoms with E-state index >= 15 is 0 Å². The summed E-state index contributed by atoms with van der Waals surface area (Å²) in [5.74, 6) is 0.404. The number of hydrogen-bond acceptors (Lipinski definition) is 3. The van der Waals surface area contributed by atoms with E-state index in [1.807, 2.05) is 0 Å². The topological polar surface area (TPSA) is 35.5 Å². The zero-order chi connectivity index (χ0) is 11.9. The molecule has 0 aliphatic carbocycles. The molecular formula is C10H13Cl2O3P. The van der Waals surface area contributed by atoms with Gasteiger partial charge in [-0.15, -0.1) is 0 Å². The smallest absolute Gasteiger partial charge is 0.422 e. The summed E-state index contributed by atoms with van der Waals surface area (Å²) in [5.41, 5.74) is 0. The fraction of sp³-hybridized carbons (Fsp3) is 0.400. The minimum atomic E-state index is -3.44. The zero-order valence-electron chi connectivity index (χ0n) is 8.64. The van der Waals surface area contributed by atoms with E-state index in [4.69, 9.17) is 27.2 Å². The van der Waals surface area contributed by atoms with E-state index in [0.29, 0.717) is 5.75 Å². The summed E-state index contributed by atoms with van der Waals surface area (Å²) < 4.78 is 20.3. The van der Waals surface area contributed by atoms with Crippen LogP contribution in [0.15, 0.2) is 30.3 Å². The summed E-state index contributed by atoms with van der Waals surface area (Å²) in [6.07, 6.45) is -0.888. The molecule has 0 N–H and O–H groups in total. The van der Waals surface area contributed by atoms with E-state index < -0.39 is 6.07 Å². The Kier molecular flexibility index (Phi) is 6.22. The first-order valence-corrected chi connectivity index (χ1v) is 8.33. The Hall–Kier alpha value is -0.210. The average molecular weight is 283 g/mol. The van der Waals surface area contributed by atoms with Crippen molar-refractivity contribution >= 4 is 28.6 Å². The molecule has 0 amide bonds. The molecule has 0 atom stereocenters. The summed E-state index contributed by atoms with van der Waals surface area (Å²) in [7, 11) is 0. The molecule has 0 saturated carbocycles. The second kappa shape index (κ2) is 7.18. The normalized spacial score (nSPS) is 15.1. The predicted octanol–water partition coefficient (Wildman–Crippen LogP) is 4.45. The van der Waals surface area contributed by atoms with E-state index in [-0.39, 0.29) is 0 Å². The van der Waals surface area contributed by atoms with Gasteiger partial charge in [0, 0.05) is 35.7 Å². The Bertz CT molecular complexity index is 328. The molecule has 1 heterocycles. The SMILES string of the molecule is C1CCOC1.O=P(Cl)(Cl)Oc1ccccc1. The van der Waals surface area contributed by atoms with Crippen molar-refractivity contribution in [3.63, 3.8) is 0 Å². The first kappa shape index (κ1) is 13.9. The van der Waals surface area contributed by atoms with Crippen molar-refractivity contribution in [3.05, 3.63) is 30.3 Å². The van der Waals surface area contributed by atoms with Crippen LogP contribution >= 0.6 is 28.6 Å². The predicted molar refractivity (Wildman–Crippen MR) is 66.4 cm³/mol. The van der Waals surface area contributed by atoms with Crippen LogP contribution in [0.4, 0.5) is 0 Å². The van der Waals surface area contributed by atoms with Crippen molar-refractivity contribution in [2.45, 2.75) is 12.8 Å². The van der Waals surface area contributed by atoms with Gasteiger partial charge in [-0.1, -0.05) is 18.2 Å². The quantitative estimate of drug-likeness (QED) is 0.752. The maximum Gasteiger partial charge on any atom is 0.428 e. The van der Waals surface area contributed by atoms with Crippen LogP contribution in [0.5, 0.6) is 5.75 Å². The van der Waals surface area contributed by atoms with Crippen LogP contribution in [0.3, 0.4) is 0 Å². The molecule has 16 heavy (non-hydrogen) atoms. The van der Waals surface area contributed by atoms with Gasteiger partial charge in [-0.05, 0) is 25.0 Å². The van der Waals surface area contributed by atoms with Gasteiger partial charge in [-0.25, -0.2) is 4.57 Å². The summed E-state index contributed by atoms with van der Waals surface area (Å²) in [5, 5.41) is 0. The molecule has 1 aromatic carbocycles. The summed E-state index contributed by atoms with van der Waals surface area (Å²) in [6.45, 7) is 2.00. The Morgan fingerprint density at radius 3 is 2.06 bits per heavy atom. The van der Waals surface area contributed by atoms with Gasteiger partial charge < -0.3 is 9.26 Å². The molecule has 0 aromatic heterocycles. The molecule has 0 radical (unpaired) electrons. The lowest BCUT2D eigenvalue weighted by atomic mass is 10.3. The van der Waals surface area contributed by atoms with E-state index in [1.54, 1.807) is 30.3 Å². The van der Waals surface area contributed by atoms with Crippen molar-refractivity contribution < 1.29 is 13.8 Å². The number of para-hydroxylation sites is 1. The zero-order valence-corrected chi connectivity index (χ0v) is 11.0. The van der Waals surface area contributed by atoms with Crippen LogP contribution in [0.2, 0.25) is 0 Å². The standard InChI is InChI=1S/C6H5Cl2O2P.C4H8O/c7-11(8,9)10-6-4-2-1-3-5-6;1-2-4-5-3-1/h1-5H;1-4H2. The van der Waals surface area contributed by atoms with E-state index in [1.165, 1.54) is 12.8 Å². The Balaban J connectivity index is 0.000000212. The lowest BCUT2D eigenvalue weighted by Crippen LogP contribution is -1.79. The average Bonchev–Trinajstić information content (AvgIpc) is 2.74. The third-order valence-corrected chi connectivity index (χ3v) is 2.62. The van der Waals surface area contributed by atoms with Gasteiger partial charge >= 0.3 is 6.07 Å². The number of halogens is 2. The molecule has 0 unspecified atom stereocenters. The molecule has 90 valence electrons. The molecule has 6 heteroatoms. The number of rotatable bonds is 2. The van der Waals surface area contributed by atoms with Gasteiger partial charge in [-0.2, -0.15) is 0 Å². The summed E-state index contributed by atoms with van der Waals surface area (Å²) in [4.78, 5) is 0. The highest BCUT2D eigenvalue weighted by molar-refractivity contribution is 8.05. The third-order valence-electron chi connectivity index (χ3n) is 1.78. The lowest BCUT2D eigenvalue weighted by molar-refractivity contribution is 0.198. The molecule has 3 nitrogen and oxygen atoms in total. The van der Waals surface area contributed by atoms with Crippen LogP contribution in [0, 0.1) is 0 Å². The van der Waals surface area contributed by atoms with Gasteiger partial charge in [0.15, 0.2) is 0 Å². The first-order valence-electron chi connectivity index (χ1n) is 4.90. The minimum Gasteiger partial charge on any atom is -0.422 e. The van der Waals surface area contributed by atoms with Crippen molar-refractivity contribution in [3.8, 4) is 5.75 Å². The van der Waals surface area contributed by atoms with Gasteiger partial charge in [0.25, 0.3) is 0 Å². The first-order chi connectivity index (χ1) is 7.58. The minimum absolute atomic E-state index is 0.404. The molecule has 2 rings (SSSR count). The van der Waals surface area contributed by atoms with Crippen molar-refractivity contribution in [2.75, 3.05) is 13.2 Å². The third kappa shape index (κ3) is 7.13. The molecule has 1 saturated heterocycles. The van der Waals surface area contributed by atoms with E-state index in [2.05, 4.69) is 4.52 Å². The molecule has 1 aliphatic rings. The molecule has 0 spiro atoms. The molecule has 1 fully saturated rings. The fourth-order valence-corrected chi connectivity index (χ4v) is 1.96. The van der Waals surface area contributed by atoms with Crippen molar-refractivity contribution in [1.29, 1.82) is 0 Å². The summed E-state index contributed by atoms with van der Waals surface area (Å²) in [6, 6.07) is 8.52. The molecular weight excluding hydrogens is 270 g/mol. The lowest BCUT2D eigenvalue weighted by Gasteiger charge is -2.03. The number of benzene rings is 1. The largest absolute Gasteiger partial charge is 0.428 e. The highest BCUT2D eigenvalue weighted by Gasteiger charge is 2.15. The second-order valence-electron chi connectivity index (χ2n) is 3.14. The van der Waals surface area contributed by atoms with Gasteiger partial charge in [0.1, 0.15) is 5.75 Å². The Morgan fingerprint density at radius 1 is 1.12 bits per heavy atom. The molecule has 0 bridgehead atoms. The van der Waals surface area contributed by atoms with Crippen molar-refractivity contribution in [2.24, 2.45) is 0 Å². The molecule has 1 aromatic rings. The van der Waals surface area contributed by atoms with Crippen LogP contribution < -0.4 is 4.52 Å².